The van der Waals surface area contributed by atoms with Crippen molar-refractivity contribution in [3.8, 4) is 5.75 Å². The normalized spacial score (nSPS) is 11.4. The summed E-state index contributed by atoms with van der Waals surface area (Å²) in [4.78, 5) is 0. The van der Waals surface area contributed by atoms with E-state index in [0.717, 1.165) is 24.8 Å². The van der Waals surface area contributed by atoms with E-state index in [1.807, 2.05) is 30.3 Å². The largest absolute Gasteiger partial charge is 0.544 e. The lowest BCUT2D eigenvalue weighted by molar-refractivity contribution is 0.543. The van der Waals surface area contributed by atoms with Crippen LogP contribution < -0.4 is 10.2 Å². The maximum atomic E-state index is 5.99. The molecule has 0 fully saturated rings. The first-order chi connectivity index (χ1) is 6.64. The number of rotatable bonds is 5. The van der Waals surface area contributed by atoms with E-state index in [-0.39, 0.29) is 0 Å². The molecule has 0 aliphatic heterocycles. The van der Waals surface area contributed by atoms with Gasteiger partial charge in [-0.05, 0) is 44.2 Å². The van der Waals surface area contributed by atoms with Gasteiger partial charge in [0.15, 0.2) is 0 Å². The Hall–Kier alpha value is -0.803. The van der Waals surface area contributed by atoms with Gasteiger partial charge in [0.05, 0.1) is 0 Å². The van der Waals surface area contributed by atoms with Crippen molar-refractivity contribution in [2.24, 2.45) is 5.73 Å². The third kappa shape index (κ3) is 3.94. The molecular weight excluding hydrogens is 190 g/mol. The number of hydrogen-bond donors (Lipinski definition) is 1. The third-order valence-electron chi connectivity index (χ3n) is 2.12. The average molecular weight is 209 g/mol. The van der Waals surface area contributed by atoms with E-state index < -0.39 is 8.32 Å². The van der Waals surface area contributed by atoms with Gasteiger partial charge < -0.3 is 10.2 Å². The number of para-hydroxylation sites is 1. The first-order valence-corrected chi connectivity index (χ1v) is 8.20. The molecule has 1 aromatic carbocycles. The molecule has 0 saturated carbocycles. The third-order valence-corrected chi connectivity index (χ3v) is 4.47. The molecule has 0 unspecified atom stereocenters. The second-order valence-corrected chi connectivity index (χ2v) is 8.29. The predicted octanol–water partition coefficient (Wildman–Crippen LogP) is 2.62. The van der Waals surface area contributed by atoms with Crippen LogP contribution in [0.4, 0.5) is 0 Å². The summed E-state index contributed by atoms with van der Waals surface area (Å²) in [6.45, 7) is 5.22. The Morgan fingerprint density at radius 3 is 2.43 bits per heavy atom. The van der Waals surface area contributed by atoms with Crippen LogP contribution in [-0.4, -0.2) is 14.9 Å². The Morgan fingerprint density at radius 2 is 1.86 bits per heavy atom. The molecule has 2 N–H and O–H groups in total. The lowest BCUT2D eigenvalue weighted by atomic mass is 10.3. The maximum Gasteiger partial charge on any atom is 0.245 e. The summed E-state index contributed by atoms with van der Waals surface area (Å²) in [6.07, 6.45) is 1.06. The van der Waals surface area contributed by atoms with Crippen LogP contribution in [0.1, 0.15) is 6.42 Å². The van der Waals surface area contributed by atoms with Gasteiger partial charge in [-0.2, -0.15) is 0 Å². The van der Waals surface area contributed by atoms with Gasteiger partial charge in [-0.3, -0.25) is 0 Å². The molecule has 0 saturated heterocycles. The van der Waals surface area contributed by atoms with E-state index in [1.54, 1.807) is 0 Å². The highest BCUT2D eigenvalue weighted by atomic mass is 28.4. The SMILES string of the molecule is C[Si](C)(CCCN)Oc1ccccc1. The zero-order valence-corrected chi connectivity index (χ0v) is 9.99. The molecule has 1 aromatic rings. The van der Waals surface area contributed by atoms with E-state index in [1.165, 1.54) is 0 Å². The summed E-state index contributed by atoms with van der Waals surface area (Å²) in [5.41, 5.74) is 5.50. The maximum absolute atomic E-state index is 5.99. The zero-order chi connectivity index (χ0) is 10.4. The molecule has 2 nitrogen and oxygen atoms in total. The second-order valence-electron chi connectivity index (χ2n) is 4.07. The molecule has 0 bridgehead atoms. The van der Waals surface area contributed by atoms with Gasteiger partial charge in [-0.15, -0.1) is 0 Å². The van der Waals surface area contributed by atoms with Crippen LogP contribution in [0.5, 0.6) is 5.75 Å². The van der Waals surface area contributed by atoms with E-state index >= 15 is 0 Å². The molecule has 14 heavy (non-hydrogen) atoms. The quantitative estimate of drug-likeness (QED) is 0.757. The summed E-state index contributed by atoms with van der Waals surface area (Å²) >= 11 is 0. The van der Waals surface area contributed by atoms with Gasteiger partial charge in [0, 0.05) is 0 Å². The first-order valence-electron chi connectivity index (χ1n) is 5.08. The molecule has 0 aliphatic rings. The fourth-order valence-corrected chi connectivity index (χ4v) is 3.32. The Bertz CT molecular complexity index is 261. The van der Waals surface area contributed by atoms with Crippen molar-refractivity contribution >= 4 is 8.32 Å². The Balaban J connectivity index is 2.50. The molecule has 0 aliphatic carbocycles. The van der Waals surface area contributed by atoms with Crippen molar-refractivity contribution < 1.29 is 4.43 Å². The number of nitrogens with two attached hydrogens (primary N) is 1. The van der Waals surface area contributed by atoms with Crippen LogP contribution in [0.15, 0.2) is 30.3 Å². The smallest absolute Gasteiger partial charge is 0.245 e. The van der Waals surface area contributed by atoms with Crippen LogP contribution in [0.3, 0.4) is 0 Å². The van der Waals surface area contributed by atoms with Crippen LogP contribution in [0, 0.1) is 0 Å². The van der Waals surface area contributed by atoms with E-state index in [0.29, 0.717) is 0 Å². The van der Waals surface area contributed by atoms with Crippen LogP contribution in [0.2, 0.25) is 19.1 Å². The van der Waals surface area contributed by atoms with Gasteiger partial charge >= 0.3 is 0 Å². The van der Waals surface area contributed by atoms with Gasteiger partial charge in [0.2, 0.25) is 8.32 Å². The van der Waals surface area contributed by atoms with Crippen molar-refractivity contribution in [1.29, 1.82) is 0 Å². The Kier molecular flexibility index (Phi) is 4.16. The van der Waals surface area contributed by atoms with Crippen molar-refractivity contribution in [1.82, 2.24) is 0 Å². The van der Waals surface area contributed by atoms with Crippen molar-refractivity contribution in [2.75, 3.05) is 6.54 Å². The lowest BCUT2D eigenvalue weighted by Crippen LogP contribution is -2.34. The van der Waals surface area contributed by atoms with Gasteiger partial charge in [0.25, 0.3) is 0 Å². The van der Waals surface area contributed by atoms with Crippen molar-refractivity contribution in [3.05, 3.63) is 30.3 Å². The molecule has 0 amide bonds. The summed E-state index contributed by atoms with van der Waals surface area (Å²) in [7, 11) is -1.55. The Morgan fingerprint density at radius 1 is 1.21 bits per heavy atom. The fraction of sp³-hybridized carbons (Fsp3) is 0.455. The minimum Gasteiger partial charge on any atom is -0.544 e. The fourth-order valence-electron chi connectivity index (χ4n) is 1.39. The molecular formula is C11H19NOSi. The zero-order valence-electron chi connectivity index (χ0n) is 8.99. The molecule has 1 rings (SSSR count). The Labute approximate surface area is 87.2 Å². The van der Waals surface area contributed by atoms with Crippen LogP contribution in [0.25, 0.3) is 0 Å². The van der Waals surface area contributed by atoms with Crippen molar-refractivity contribution in [2.45, 2.75) is 25.6 Å². The van der Waals surface area contributed by atoms with Gasteiger partial charge in [-0.1, -0.05) is 18.2 Å². The number of benzene rings is 1. The minimum atomic E-state index is -1.55. The summed E-state index contributed by atoms with van der Waals surface area (Å²) in [5.74, 6) is 0.987. The van der Waals surface area contributed by atoms with Gasteiger partial charge in [-0.25, -0.2) is 0 Å². The predicted molar refractivity (Wildman–Crippen MR) is 63.0 cm³/mol. The lowest BCUT2D eigenvalue weighted by Gasteiger charge is -2.23. The molecule has 3 heteroatoms. The first kappa shape index (κ1) is 11.3. The van der Waals surface area contributed by atoms with Crippen LogP contribution >= 0.6 is 0 Å². The van der Waals surface area contributed by atoms with E-state index in [9.17, 15) is 0 Å². The summed E-state index contributed by atoms with van der Waals surface area (Å²) in [5, 5.41) is 0. The molecule has 0 radical (unpaired) electrons. The summed E-state index contributed by atoms with van der Waals surface area (Å²) in [6, 6.07) is 11.2. The molecule has 0 spiro atoms. The highest BCUT2D eigenvalue weighted by Crippen LogP contribution is 2.19. The van der Waals surface area contributed by atoms with Gasteiger partial charge in [0.1, 0.15) is 5.75 Å². The molecule has 0 heterocycles. The monoisotopic (exact) mass is 209 g/mol. The average Bonchev–Trinajstić information content (AvgIpc) is 2.16. The van der Waals surface area contributed by atoms with E-state index in [2.05, 4.69) is 13.1 Å². The highest BCUT2D eigenvalue weighted by Gasteiger charge is 2.23. The topological polar surface area (TPSA) is 35.2 Å². The summed E-state index contributed by atoms with van der Waals surface area (Å²) < 4.78 is 5.99. The van der Waals surface area contributed by atoms with Crippen molar-refractivity contribution in [3.63, 3.8) is 0 Å². The molecule has 0 aromatic heterocycles. The second kappa shape index (κ2) is 5.17. The van der Waals surface area contributed by atoms with Crippen LogP contribution in [-0.2, 0) is 0 Å². The highest BCUT2D eigenvalue weighted by molar-refractivity contribution is 6.71. The molecule has 78 valence electrons. The van der Waals surface area contributed by atoms with E-state index in [4.69, 9.17) is 10.2 Å². The standard InChI is InChI=1S/C11H19NOSi/c1-14(2,10-6-9-12)13-11-7-4-3-5-8-11/h3-5,7-8H,6,9-10,12H2,1-2H3. The number of hydrogen-bond acceptors (Lipinski definition) is 2. The minimum absolute atomic E-state index is 0.759. The molecule has 0 atom stereocenters.